The molecule has 2 aromatic rings. The van der Waals surface area contributed by atoms with E-state index >= 15 is 0 Å². The van der Waals surface area contributed by atoms with Crippen molar-refractivity contribution >= 4 is 35.2 Å². The van der Waals surface area contributed by atoms with Gasteiger partial charge in [-0.3, -0.25) is 9.59 Å². The zero-order chi connectivity index (χ0) is 18.8. The lowest BCUT2D eigenvalue weighted by molar-refractivity contribution is -0.118. The molecule has 0 aliphatic heterocycles. The summed E-state index contributed by atoms with van der Waals surface area (Å²) < 4.78 is 0. The van der Waals surface area contributed by atoms with Gasteiger partial charge >= 0.3 is 0 Å². The number of amides is 2. The van der Waals surface area contributed by atoms with Gasteiger partial charge in [0.15, 0.2) is 0 Å². The van der Waals surface area contributed by atoms with Crippen LogP contribution in [-0.2, 0) is 10.5 Å². The monoisotopic (exact) mass is 387 g/mol. The highest BCUT2D eigenvalue weighted by atomic mass is 35.5. The molecule has 0 fully saturated rings. The number of halogens is 1. The zero-order valence-corrected chi connectivity index (χ0v) is 15.6. The Bertz CT molecular complexity index is 786. The first-order valence-corrected chi connectivity index (χ1v) is 9.49. The van der Waals surface area contributed by atoms with E-state index in [4.69, 9.17) is 16.9 Å². The highest BCUT2D eigenvalue weighted by Crippen LogP contribution is 2.12. The summed E-state index contributed by atoms with van der Waals surface area (Å²) >= 11 is 7.27. The van der Waals surface area contributed by atoms with Gasteiger partial charge in [0, 0.05) is 29.4 Å². The van der Waals surface area contributed by atoms with Gasteiger partial charge in [0.25, 0.3) is 5.91 Å². The Morgan fingerprint density at radius 3 is 2.31 bits per heavy atom. The lowest BCUT2D eigenvalue weighted by Gasteiger charge is -2.07. The first-order valence-electron chi connectivity index (χ1n) is 7.96. The van der Waals surface area contributed by atoms with Crippen molar-refractivity contribution in [1.29, 1.82) is 5.26 Å². The molecule has 0 unspecified atom stereocenters. The molecule has 5 nitrogen and oxygen atoms in total. The molecule has 0 saturated heterocycles. The molecule has 0 heterocycles. The number of nitrogens with one attached hydrogen (secondary N) is 2. The van der Waals surface area contributed by atoms with Gasteiger partial charge < -0.3 is 10.6 Å². The van der Waals surface area contributed by atoms with Gasteiger partial charge in [-0.15, -0.1) is 11.8 Å². The van der Waals surface area contributed by atoms with Gasteiger partial charge in [0.05, 0.1) is 17.4 Å². The highest BCUT2D eigenvalue weighted by Gasteiger charge is 2.05. The van der Waals surface area contributed by atoms with E-state index in [1.165, 1.54) is 11.8 Å². The van der Waals surface area contributed by atoms with Crippen LogP contribution in [0.4, 0.5) is 0 Å². The summed E-state index contributed by atoms with van der Waals surface area (Å²) in [5.74, 6) is 0.757. The Hall–Kier alpha value is -2.49. The first kappa shape index (κ1) is 19.8. The van der Waals surface area contributed by atoms with Crippen molar-refractivity contribution in [3.63, 3.8) is 0 Å². The van der Waals surface area contributed by atoms with E-state index in [1.54, 1.807) is 36.4 Å². The van der Waals surface area contributed by atoms with Crippen LogP contribution in [0.15, 0.2) is 48.5 Å². The predicted molar refractivity (Wildman–Crippen MR) is 104 cm³/mol. The van der Waals surface area contributed by atoms with Gasteiger partial charge in [0.2, 0.25) is 5.91 Å². The Kier molecular flexibility index (Phi) is 8.00. The minimum absolute atomic E-state index is 0.0793. The molecule has 0 atom stereocenters. The van der Waals surface area contributed by atoms with Crippen LogP contribution in [0, 0.1) is 11.3 Å². The fraction of sp³-hybridized carbons (Fsp3) is 0.211. The molecule has 134 valence electrons. The third kappa shape index (κ3) is 6.79. The zero-order valence-electron chi connectivity index (χ0n) is 14.0. The van der Waals surface area contributed by atoms with Crippen molar-refractivity contribution in [3.8, 4) is 6.07 Å². The van der Waals surface area contributed by atoms with E-state index in [1.807, 2.05) is 12.1 Å². The summed E-state index contributed by atoms with van der Waals surface area (Å²) in [6.07, 6.45) is 0. The van der Waals surface area contributed by atoms with E-state index in [0.717, 1.165) is 5.56 Å². The first-order chi connectivity index (χ1) is 12.6. The number of hydrogen-bond acceptors (Lipinski definition) is 4. The second-order valence-electron chi connectivity index (χ2n) is 5.41. The van der Waals surface area contributed by atoms with Crippen LogP contribution in [0.5, 0.6) is 0 Å². The molecular weight excluding hydrogens is 370 g/mol. The van der Waals surface area contributed by atoms with Crippen molar-refractivity contribution in [2.45, 2.75) is 5.75 Å². The number of nitriles is 1. The molecule has 0 saturated carbocycles. The average molecular weight is 388 g/mol. The molecule has 0 aliphatic rings. The molecule has 2 amide bonds. The molecule has 0 spiro atoms. The summed E-state index contributed by atoms with van der Waals surface area (Å²) in [5, 5.41) is 14.8. The van der Waals surface area contributed by atoms with Gasteiger partial charge in [-0.05, 0) is 42.0 Å². The van der Waals surface area contributed by atoms with Crippen molar-refractivity contribution in [2.75, 3.05) is 18.8 Å². The standard InChI is InChI=1S/C19H18ClN3O2S/c20-17-7-5-16(6-8-17)19(25)23-10-9-22-18(24)13-26-12-15-3-1-14(11-21)2-4-15/h1-8H,9-10,12-13H2,(H,22,24)(H,23,25). The topological polar surface area (TPSA) is 82.0 Å². The third-order valence-electron chi connectivity index (χ3n) is 3.42. The van der Waals surface area contributed by atoms with Crippen molar-refractivity contribution in [3.05, 3.63) is 70.2 Å². The fourth-order valence-electron chi connectivity index (χ4n) is 2.07. The normalized spacial score (nSPS) is 10.0. The van der Waals surface area contributed by atoms with Crippen LogP contribution in [-0.4, -0.2) is 30.7 Å². The largest absolute Gasteiger partial charge is 0.354 e. The average Bonchev–Trinajstić information content (AvgIpc) is 2.66. The van der Waals surface area contributed by atoms with Gasteiger partial charge in [0.1, 0.15) is 0 Å². The van der Waals surface area contributed by atoms with Crippen LogP contribution < -0.4 is 10.6 Å². The number of hydrogen-bond donors (Lipinski definition) is 2. The second-order valence-corrected chi connectivity index (χ2v) is 6.84. The molecule has 0 aliphatic carbocycles. The molecule has 26 heavy (non-hydrogen) atoms. The summed E-state index contributed by atoms with van der Waals surface area (Å²) in [7, 11) is 0. The highest BCUT2D eigenvalue weighted by molar-refractivity contribution is 7.99. The lowest BCUT2D eigenvalue weighted by Crippen LogP contribution is -2.35. The van der Waals surface area contributed by atoms with Crippen LogP contribution in [0.3, 0.4) is 0 Å². The summed E-state index contributed by atoms with van der Waals surface area (Å²) in [6.45, 7) is 0.725. The Morgan fingerprint density at radius 1 is 1.00 bits per heavy atom. The molecule has 0 radical (unpaired) electrons. The number of nitrogens with zero attached hydrogens (tertiary/aromatic N) is 1. The van der Waals surface area contributed by atoms with E-state index in [2.05, 4.69) is 16.7 Å². The molecule has 2 aromatic carbocycles. The maximum atomic E-state index is 11.9. The smallest absolute Gasteiger partial charge is 0.251 e. The maximum Gasteiger partial charge on any atom is 0.251 e. The Balaban J connectivity index is 1.59. The predicted octanol–water partition coefficient (Wildman–Crippen LogP) is 2.99. The van der Waals surface area contributed by atoms with E-state index < -0.39 is 0 Å². The molecule has 2 N–H and O–H groups in total. The van der Waals surface area contributed by atoms with Crippen LogP contribution in [0.2, 0.25) is 5.02 Å². The minimum Gasteiger partial charge on any atom is -0.354 e. The van der Waals surface area contributed by atoms with E-state index in [9.17, 15) is 9.59 Å². The number of carbonyl (C=O) groups excluding carboxylic acids is 2. The molecule has 2 rings (SSSR count). The third-order valence-corrected chi connectivity index (χ3v) is 4.68. The van der Waals surface area contributed by atoms with Crippen LogP contribution in [0.1, 0.15) is 21.5 Å². The SMILES string of the molecule is N#Cc1ccc(CSCC(=O)NCCNC(=O)c2ccc(Cl)cc2)cc1. The Morgan fingerprint density at radius 2 is 1.65 bits per heavy atom. The minimum atomic E-state index is -0.203. The van der Waals surface area contributed by atoms with Gasteiger partial charge in [-0.25, -0.2) is 0 Å². The van der Waals surface area contributed by atoms with Gasteiger partial charge in [-0.2, -0.15) is 5.26 Å². The van der Waals surface area contributed by atoms with Crippen molar-refractivity contribution < 1.29 is 9.59 Å². The summed E-state index contributed by atoms with van der Waals surface area (Å²) in [6, 6.07) is 16.0. The number of carbonyl (C=O) groups is 2. The van der Waals surface area contributed by atoms with Crippen LogP contribution >= 0.6 is 23.4 Å². The molecule has 7 heteroatoms. The number of thioether (sulfide) groups is 1. The summed E-state index contributed by atoms with van der Waals surface area (Å²) in [5.41, 5.74) is 2.22. The van der Waals surface area contributed by atoms with Crippen molar-refractivity contribution in [2.24, 2.45) is 0 Å². The van der Waals surface area contributed by atoms with Crippen molar-refractivity contribution in [1.82, 2.24) is 10.6 Å². The fourth-order valence-corrected chi connectivity index (χ4v) is 3.01. The van der Waals surface area contributed by atoms with Gasteiger partial charge in [-0.1, -0.05) is 23.7 Å². The molecule has 0 aromatic heterocycles. The summed E-state index contributed by atoms with van der Waals surface area (Å²) in [4.78, 5) is 23.7. The molecular formula is C19H18ClN3O2S. The Labute approximate surface area is 161 Å². The lowest BCUT2D eigenvalue weighted by atomic mass is 10.2. The van der Waals surface area contributed by atoms with E-state index in [-0.39, 0.29) is 11.8 Å². The number of benzene rings is 2. The second kappa shape index (κ2) is 10.5. The molecule has 0 bridgehead atoms. The maximum absolute atomic E-state index is 11.9. The van der Waals surface area contributed by atoms with E-state index in [0.29, 0.717) is 40.7 Å². The van der Waals surface area contributed by atoms with Crippen LogP contribution in [0.25, 0.3) is 0 Å². The number of rotatable bonds is 8. The quantitative estimate of drug-likeness (QED) is 0.682.